The summed E-state index contributed by atoms with van der Waals surface area (Å²) in [7, 11) is 0. The van der Waals surface area contributed by atoms with Crippen molar-refractivity contribution in [3.05, 3.63) is 34.1 Å². The van der Waals surface area contributed by atoms with E-state index in [4.69, 9.17) is 0 Å². The maximum absolute atomic E-state index is 12.9. The molecule has 3 nitrogen and oxygen atoms in total. The van der Waals surface area contributed by atoms with Gasteiger partial charge in [-0.15, -0.1) is 0 Å². The molecule has 0 heterocycles. The molecule has 1 atom stereocenters. The molecule has 5 heteroatoms. The Bertz CT molecular complexity index is 384. The summed E-state index contributed by atoms with van der Waals surface area (Å²) in [5, 5.41) is 11.8. The second-order valence-electron chi connectivity index (χ2n) is 3.40. The van der Waals surface area contributed by atoms with Gasteiger partial charge in [-0.3, -0.25) is 4.79 Å². The van der Waals surface area contributed by atoms with Crippen LogP contribution in [0.25, 0.3) is 0 Å². The van der Waals surface area contributed by atoms with Crippen LogP contribution in [0.5, 0.6) is 0 Å². The maximum Gasteiger partial charge on any atom is 0.251 e. The van der Waals surface area contributed by atoms with Crippen LogP contribution in [0.4, 0.5) is 4.39 Å². The second kappa shape index (κ2) is 5.96. The highest BCUT2D eigenvalue weighted by atomic mass is 79.9. The van der Waals surface area contributed by atoms with Crippen LogP contribution in [0.2, 0.25) is 0 Å². The third kappa shape index (κ3) is 3.57. The van der Waals surface area contributed by atoms with Crippen LogP contribution < -0.4 is 5.32 Å². The van der Waals surface area contributed by atoms with Crippen molar-refractivity contribution in [3.8, 4) is 0 Å². The topological polar surface area (TPSA) is 49.3 Å². The first-order valence-electron chi connectivity index (χ1n) is 4.96. The Morgan fingerprint density at radius 3 is 2.88 bits per heavy atom. The van der Waals surface area contributed by atoms with Crippen LogP contribution in [-0.4, -0.2) is 23.7 Å². The van der Waals surface area contributed by atoms with Gasteiger partial charge in [-0.1, -0.05) is 6.92 Å². The SMILES string of the molecule is CCC(O)CNC(=O)c1ccc(F)c(Br)c1. The van der Waals surface area contributed by atoms with Crippen LogP contribution in [-0.2, 0) is 0 Å². The first-order valence-corrected chi connectivity index (χ1v) is 5.75. The number of rotatable bonds is 4. The summed E-state index contributed by atoms with van der Waals surface area (Å²) in [6.45, 7) is 2.02. The number of halogens is 2. The van der Waals surface area contributed by atoms with Gasteiger partial charge in [-0.05, 0) is 40.5 Å². The molecule has 1 aromatic carbocycles. The van der Waals surface area contributed by atoms with Gasteiger partial charge in [0, 0.05) is 12.1 Å². The van der Waals surface area contributed by atoms with E-state index in [-0.39, 0.29) is 16.9 Å². The molecule has 1 aromatic rings. The molecule has 0 saturated heterocycles. The minimum atomic E-state index is -0.548. The quantitative estimate of drug-likeness (QED) is 0.892. The van der Waals surface area contributed by atoms with Gasteiger partial charge in [0.05, 0.1) is 10.6 Å². The van der Waals surface area contributed by atoms with Gasteiger partial charge in [0.1, 0.15) is 5.82 Å². The fraction of sp³-hybridized carbons (Fsp3) is 0.364. The first-order chi connectivity index (χ1) is 7.54. The Kier molecular flexibility index (Phi) is 4.89. The lowest BCUT2D eigenvalue weighted by Crippen LogP contribution is -2.31. The zero-order chi connectivity index (χ0) is 12.1. The van der Waals surface area contributed by atoms with E-state index in [1.807, 2.05) is 6.92 Å². The Balaban J connectivity index is 2.63. The van der Waals surface area contributed by atoms with E-state index in [0.29, 0.717) is 12.0 Å². The molecule has 0 fully saturated rings. The highest BCUT2D eigenvalue weighted by molar-refractivity contribution is 9.10. The number of aliphatic hydroxyl groups is 1. The van der Waals surface area contributed by atoms with E-state index in [2.05, 4.69) is 21.2 Å². The Morgan fingerprint density at radius 2 is 2.31 bits per heavy atom. The molecular weight excluding hydrogens is 277 g/mol. The third-order valence-corrected chi connectivity index (χ3v) is 2.76. The summed E-state index contributed by atoms with van der Waals surface area (Å²) in [5.74, 6) is -0.738. The van der Waals surface area contributed by atoms with E-state index < -0.39 is 11.9 Å². The summed E-state index contributed by atoms with van der Waals surface area (Å²) in [4.78, 5) is 11.6. The zero-order valence-corrected chi connectivity index (χ0v) is 10.4. The van der Waals surface area contributed by atoms with Crippen LogP contribution in [0.3, 0.4) is 0 Å². The Morgan fingerprint density at radius 1 is 1.62 bits per heavy atom. The minimum Gasteiger partial charge on any atom is -0.391 e. The molecule has 1 amide bonds. The predicted octanol–water partition coefficient (Wildman–Crippen LogP) is 2.09. The number of nitrogens with one attached hydrogen (secondary N) is 1. The number of carbonyl (C=O) groups excluding carboxylic acids is 1. The summed E-state index contributed by atoms with van der Waals surface area (Å²) in [6.07, 6.45) is 0.0285. The van der Waals surface area contributed by atoms with Crippen molar-refractivity contribution in [1.82, 2.24) is 5.32 Å². The molecule has 0 aliphatic rings. The van der Waals surface area contributed by atoms with Crippen LogP contribution in [0, 0.1) is 5.82 Å². The van der Waals surface area contributed by atoms with E-state index in [1.165, 1.54) is 18.2 Å². The Hall–Kier alpha value is -0.940. The molecule has 0 aliphatic carbocycles. The van der Waals surface area contributed by atoms with Gasteiger partial charge in [0.2, 0.25) is 0 Å². The number of hydrogen-bond acceptors (Lipinski definition) is 2. The Labute approximate surface area is 102 Å². The summed E-state index contributed by atoms with van der Waals surface area (Å²) in [5.41, 5.74) is 0.358. The number of amides is 1. The lowest BCUT2D eigenvalue weighted by molar-refractivity contribution is 0.0914. The summed E-state index contributed by atoms with van der Waals surface area (Å²) < 4.78 is 13.2. The van der Waals surface area contributed by atoms with Crippen LogP contribution in [0.1, 0.15) is 23.7 Å². The molecule has 0 aliphatic heterocycles. The van der Waals surface area contributed by atoms with Crippen molar-refractivity contribution < 1.29 is 14.3 Å². The van der Waals surface area contributed by atoms with Crippen molar-refractivity contribution in [2.45, 2.75) is 19.4 Å². The van der Waals surface area contributed by atoms with E-state index in [9.17, 15) is 14.3 Å². The number of hydrogen-bond donors (Lipinski definition) is 2. The fourth-order valence-electron chi connectivity index (χ4n) is 1.09. The lowest BCUT2D eigenvalue weighted by atomic mass is 10.2. The van der Waals surface area contributed by atoms with Crippen LogP contribution >= 0.6 is 15.9 Å². The van der Waals surface area contributed by atoms with Gasteiger partial charge >= 0.3 is 0 Å². The highest BCUT2D eigenvalue weighted by Crippen LogP contribution is 2.16. The molecule has 0 radical (unpaired) electrons. The number of carbonyl (C=O) groups is 1. The van der Waals surface area contributed by atoms with E-state index >= 15 is 0 Å². The largest absolute Gasteiger partial charge is 0.391 e. The monoisotopic (exact) mass is 289 g/mol. The van der Waals surface area contributed by atoms with Crippen LogP contribution in [0.15, 0.2) is 22.7 Å². The molecule has 1 rings (SSSR count). The molecule has 16 heavy (non-hydrogen) atoms. The fourth-order valence-corrected chi connectivity index (χ4v) is 1.47. The van der Waals surface area contributed by atoms with Gasteiger partial charge in [0.25, 0.3) is 5.91 Å². The molecule has 0 aromatic heterocycles. The molecule has 1 unspecified atom stereocenters. The van der Waals surface area contributed by atoms with Crippen molar-refractivity contribution in [3.63, 3.8) is 0 Å². The molecule has 2 N–H and O–H groups in total. The van der Waals surface area contributed by atoms with E-state index in [1.54, 1.807) is 0 Å². The average Bonchev–Trinajstić information content (AvgIpc) is 2.29. The molecule has 0 bridgehead atoms. The normalized spacial score (nSPS) is 12.2. The zero-order valence-electron chi connectivity index (χ0n) is 8.84. The second-order valence-corrected chi connectivity index (χ2v) is 4.26. The smallest absolute Gasteiger partial charge is 0.251 e. The average molecular weight is 290 g/mol. The highest BCUT2D eigenvalue weighted by Gasteiger charge is 2.09. The van der Waals surface area contributed by atoms with Gasteiger partial charge in [0.15, 0.2) is 0 Å². The van der Waals surface area contributed by atoms with Gasteiger partial charge < -0.3 is 10.4 Å². The standard InChI is InChI=1S/C11H13BrFNO2/c1-2-8(15)6-14-11(16)7-3-4-10(13)9(12)5-7/h3-5,8,15H,2,6H2,1H3,(H,14,16). The molecule has 0 spiro atoms. The number of benzene rings is 1. The first kappa shape index (κ1) is 13.1. The molecule has 88 valence electrons. The molecule has 0 saturated carbocycles. The number of aliphatic hydroxyl groups excluding tert-OH is 1. The van der Waals surface area contributed by atoms with Crippen molar-refractivity contribution in [2.24, 2.45) is 0 Å². The molecular formula is C11H13BrFNO2. The minimum absolute atomic E-state index is 0.199. The van der Waals surface area contributed by atoms with Gasteiger partial charge in [-0.25, -0.2) is 4.39 Å². The third-order valence-electron chi connectivity index (χ3n) is 2.15. The summed E-state index contributed by atoms with van der Waals surface area (Å²) >= 11 is 3.00. The maximum atomic E-state index is 12.9. The van der Waals surface area contributed by atoms with E-state index in [0.717, 1.165) is 0 Å². The van der Waals surface area contributed by atoms with Crippen molar-refractivity contribution in [1.29, 1.82) is 0 Å². The lowest BCUT2D eigenvalue weighted by Gasteiger charge is -2.09. The van der Waals surface area contributed by atoms with Crippen molar-refractivity contribution >= 4 is 21.8 Å². The van der Waals surface area contributed by atoms with Gasteiger partial charge in [-0.2, -0.15) is 0 Å². The summed E-state index contributed by atoms with van der Waals surface area (Å²) in [6, 6.07) is 4.02. The van der Waals surface area contributed by atoms with Crippen molar-refractivity contribution in [2.75, 3.05) is 6.54 Å². The predicted molar refractivity (Wildman–Crippen MR) is 62.7 cm³/mol.